The van der Waals surface area contributed by atoms with Crippen molar-refractivity contribution < 1.29 is 13.5 Å². The van der Waals surface area contributed by atoms with Gasteiger partial charge in [0.25, 0.3) is 0 Å². The summed E-state index contributed by atoms with van der Waals surface area (Å²) >= 11 is 0. The lowest BCUT2D eigenvalue weighted by molar-refractivity contribution is 0.232. The van der Waals surface area contributed by atoms with Crippen LogP contribution < -0.4 is 10.5 Å². The number of benzene rings is 3. The molecule has 5 aromatic rings. The summed E-state index contributed by atoms with van der Waals surface area (Å²) in [6.07, 6.45) is 2.79. The molecule has 0 bridgehead atoms. The summed E-state index contributed by atoms with van der Waals surface area (Å²) in [7, 11) is 0. The van der Waals surface area contributed by atoms with Crippen molar-refractivity contribution in [1.29, 1.82) is 0 Å². The van der Waals surface area contributed by atoms with E-state index in [4.69, 9.17) is 9.15 Å². The first-order chi connectivity index (χ1) is 18.4. The Morgan fingerprint density at radius 1 is 1.08 bits per heavy atom. The molecule has 0 saturated heterocycles. The van der Waals surface area contributed by atoms with Crippen molar-refractivity contribution in [3.05, 3.63) is 112 Å². The van der Waals surface area contributed by atoms with Crippen molar-refractivity contribution >= 4 is 10.9 Å². The number of hydrogen-bond acceptors (Lipinski definition) is 4. The Morgan fingerprint density at radius 2 is 1.87 bits per heavy atom. The molecule has 194 valence electrons. The first-order valence-electron chi connectivity index (χ1n) is 13.0. The average molecular weight is 512 g/mol. The van der Waals surface area contributed by atoms with Crippen molar-refractivity contribution in [3.63, 3.8) is 0 Å². The van der Waals surface area contributed by atoms with Crippen LogP contribution in [0.4, 0.5) is 4.39 Å². The molecule has 2 aromatic heterocycles. The Balaban J connectivity index is 1.46. The van der Waals surface area contributed by atoms with Crippen LogP contribution in [0, 0.1) is 12.7 Å². The van der Waals surface area contributed by atoms with Gasteiger partial charge in [0, 0.05) is 16.8 Å². The van der Waals surface area contributed by atoms with Crippen LogP contribution in [0.3, 0.4) is 0 Å². The molecule has 1 aliphatic carbocycles. The van der Waals surface area contributed by atoms with E-state index >= 15 is 0 Å². The number of aromatic nitrogens is 3. The summed E-state index contributed by atoms with van der Waals surface area (Å²) in [4.78, 5) is 12.0. The second kappa shape index (κ2) is 9.63. The van der Waals surface area contributed by atoms with Gasteiger partial charge in [0.1, 0.15) is 18.2 Å². The van der Waals surface area contributed by atoms with Gasteiger partial charge in [-0.15, -0.1) is 5.10 Å². The zero-order chi connectivity index (χ0) is 26.4. The zero-order valence-corrected chi connectivity index (χ0v) is 21.7. The maximum atomic E-state index is 14.2. The lowest BCUT2D eigenvalue weighted by Crippen LogP contribution is -2.32. The normalized spacial score (nSPS) is 17.2. The predicted molar refractivity (Wildman–Crippen MR) is 145 cm³/mol. The Labute approximate surface area is 220 Å². The van der Waals surface area contributed by atoms with E-state index in [0.717, 1.165) is 40.7 Å². The van der Waals surface area contributed by atoms with Crippen molar-refractivity contribution in [1.82, 2.24) is 14.3 Å². The topological polar surface area (TPSA) is 62.2 Å². The summed E-state index contributed by atoms with van der Waals surface area (Å²) in [6.45, 7) is 6.66. The first kappa shape index (κ1) is 24.2. The summed E-state index contributed by atoms with van der Waals surface area (Å²) in [5.74, 6) is 0.626. The molecule has 0 N–H and O–H groups in total. The molecule has 6 rings (SSSR count). The quantitative estimate of drug-likeness (QED) is 0.235. The SMILES string of the molecule is Cc1cc(-n2c(C(C)C)c(C3CC(n4ncoc4=O)C3)c3cc(OCc4ccccc4)ccc32)ccc1F. The Kier molecular flexibility index (Phi) is 6.14. The minimum Gasteiger partial charge on any atom is -0.489 e. The van der Waals surface area contributed by atoms with E-state index in [1.165, 1.54) is 28.4 Å². The largest absolute Gasteiger partial charge is 0.489 e. The molecule has 0 unspecified atom stereocenters. The van der Waals surface area contributed by atoms with Crippen molar-refractivity contribution in [3.8, 4) is 11.4 Å². The van der Waals surface area contributed by atoms with Gasteiger partial charge >= 0.3 is 5.76 Å². The molecule has 1 saturated carbocycles. The molecule has 0 radical (unpaired) electrons. The first-order valence-corrected chi connectivity index (χ1v) is 13.0. The Bertz CT molecular complexity index is 1660. The van der Waals surface area contributed by atoms with E-state index < -0.39 is 5.76 Å². The molecule has 3 aromatic carbocycles. The number of nitrogens with zero attached hydrogens (tertiary/aromatic N) is 3. The molecule has 0 atom stereocenters. The van der Waals surface area contributed by atoms with Crippen LogP contribution in [0.1, 0.15) is 67.0 Å². The number of fused-ring (bicyclic) bond motifs is 1. The van der Waals surface area contributed by atoms with Crippen LogP contribution in [0.2, 0.25) is 0 Å². The van der Waals surface area contributed by atoms with Gasteiger partial charge in [-0.3, -0.25) is 0 Å². The van der Waals surface area contributed by atoms with Crippen LogP contribution in [0.25, 0.3) is 16.6 Å². The third-order valence-corrected chi connectivity index (χ3v) is 7.59. The fourth-order valence-electron chi connectivity index (χ4n) is 5.68. The fraction of sp³-hybridized carbons (Fsp3) is 0.290. The molecule has 1 fully saturated rings. The van der Waals surface area contributed by atoms with Gasteiger partial charge in [-0.2, -0.15) is 4.68 Å². The minimum absolute atomic E-state index is 0.00948. The molecular formula is C31H30FN3O3. The van der Waals surface area contributed by atoms with E-state index in [2.05, 4.69) is 47.8 Å². The summed E-state index contributed by atoms with van der Waals surface area (Å²) in [5, 5.41) is 5.22. The highest BCUT2D eigenvalue weighted by molar-refractivity contribution is 5.89. The molecule has 0 amide bonds. The molecule has 2 heterocycles. The third-order valence-electron chi connectivity index (χ3n) is 7.59. The van der Waals surface area contributed by atoms with Gasteiger partial charge in [0.15, 0.2) is 0 Å². The maximum absolute atomic E-state index is 14.2. The van der Waals surface area contributed by atoms with Crippen LogP contribution in [0.5, 0.6) is 5.75 Å². The number of hydrogen-bond donors (Lipinski definition) is 0. The highest BCUT2D eigenvalue weighted by Gasteiger charge is 2.38. The molecule has 0 aliphatic heterocycles. The maximum Gasteiger partial charge on any atom is 0.437 e. The second-order valence-electron chi connectivity index (χ2n) is 10.4. The lowest BCUT2D eigenvalue weighted by atomic mass is 9.74. The van der Waals surface area contributed by atoms with Gasteiger partial charge in [0.05, 0.1) is 11.6 Å². The predicted octanol–water partition coefficient (Wildman–Crippen LogP) is 7.05. The molecule has 1 aliphatic rings. The van der Waals surface area contributed by atoms with E-state index in [0.29, 0.717) is 12.2 Å². The standard InChI is InChI=1S/C31H30FN3O3/c1-19(2)30-29(22-14-24(15-22)35-31(36)38-18-33-35)26-16-25(37-17-21-7-5-4-6-8-21)10-12-28(26)34(30)23-9-11-27(32)20(3)13-23/h4-13,16,18-19,22,24H,14-15,17H2,1-3H3. The van der Waals surface area contributed by atoms with E-state index in [1.807, 2.05) is 36.4 Å². The number of rotatable bonds is 7. The highest BCUT2D eigenvalue weighted by atomic mass is 19.1. The Morgan fingerprint density at radius 3 is 2.55 bits per heavy atom. The van der Waals surface area contributed by atoms with Crippen LogP contribution >= 0.6 is 0 Å². The molecule has 38 heavy (non-hydrogen) atoms. The van der Waals surface area contributed by atoms with E-state index in [-0.39, 0.29) is 23.7 Å². The zero-order valence-electron chi connectivity index (χ0n) is 21.7. The van der Waals surface area contributed by atoms with Crippen LogP contribution in [-0.4, -0.2) is 14.3 Å². The number of halogens is 1. The summed E-state index contributed by atoms with van der Waals surface area (Å²) in [5.41, 5.74) is 6.17. The summed E-state index contributed by atoms with van der Waals surface area (Å²) < 4.78 is 29.0. The average Bonchev–Trinajstić information content (AvgIpc) is 3.45. The smallest absolute Gasteiger partial charge is 0.437 e. The molecule has 0 spiro atoms. The van der Waals surface area contributed by atoms with Gasteiger partial charge in [0.2, 0.25) is 6.39 Å². The van der Waals surface area contributed by atoms with Crippen molar-refractivity contribution in [2.75, 3.05) is 0 Å². The molecular weight excluding hydrogens is 481 g/mol. The van der Waals surface area contributed by atoms with Crippen molar-refractivity contribution in [2.24, 2.45) is 0 Å². The monoisotopic (exact) mass is 511 g/mol. The van der Waals surface area contributed by atoms with Gasteiger partial charge < -0.3 is 13.7 Å². The van der Waals surface area contributed by atoms with E-state index in [9.17, 15) is 9.18 Å². The molecule has 6 nitrogen and oxygen atoms in total. The van der Waals surface area contributed by atoms with Crippen LogP contribution in [0.15, 0.2) is 82.3 Å². The van der Waals surface area contributed by atoms with Crippen molar-refractivity contribution in [2.45, 2.75) is 58.1 Å². The highest BCUT2D eigenvalue weighted by Crippen LogP contribution is 2.50. The fourth-order valence-corrected chi connectivity index (χ4v) is 5.68. The second-order valence-corrected chi connectivity index (χ2v) is 10.4. The molecule has 7 heteroatoms. The summed E-state index contributed by atoms with van der Waals surface area (Å²) in [6, 6.07) is 21.6. The lowest BCUT2D eigenvalue weighted by Gasteiger charge is -2.35. The van der Waals surface area contributed by atoms with E-state index in [1.54, 1.807) is 6.92 Å². The number of ether oxygens (including phenoxy) is 1. The van der Waals surface area contributed by atoms with Gasteiger partial charge in [-0.05, 0) is 84.7 Å². The minimum atomic E-state index is -0.418. The van der Waals surface area contributed by atoms with Gasteiger partial charge in [-0.25, -0.2) is 9.18 Å². The van der Waals surface area contributed by atoms with Crippen LogP contribution in [-0.2, 0) is 6.61 Å². The number of aryl methyl sites for hydroxylation is 1. The van der Waals surface area contributed by atoms with Gasteiger partial charge in [-0.1, -0.05) is 44.2 Å². The Hall–Kier alpha value is -4.13. The third kappa shape index (κ3) is 4.22.